The quantitative estimate of drug-likeness (QED) is 0.405. The van der Waals surface area contributed by atoms with Gasteiger partial charge in [0.1, 0.15) is 5.60 Å². The summed E-state index contributed by atoms with van der Waals surface area (Å²) in [4.78, 5) is 35.7. The average molecular weight is 559 g/mol. The van der Waals surface area contributed by atoms with Gasteiger partial charge in [0.25, 0.3) is 5.91 Å². The molecule has 1 saturated carbocycles. The number of rotatable bonds is 5. The van der Waals surface area contributed by atoms with Crippen molar-refractivity contribution in [1.29, 1.82) is 0 Å². The largest absolute Gasteiger partial charge is 0.444 e. The van der Waals surface area contributed by atoms with Gasteiger partial charge in [-0.05, 0) is 45.6 Å². The lowest BCUT2D eigenvalue weighted by molar-refractivity contribution is 0.00429. The predicted octanol–water partition coefficient (Wildman–Crippen LogP) is 5.72. The van der Waals surface area contributed by atoms with Crippen LogP contribution in [0.25, 0.3) is 11.3 Å². The zero-order valence-corrected chi connectivity index (χ0v) is 24.4. The summed E-state index contributed by atoms with van der Waals surface area (Å²) in [6.07, 6.45) is 6.21. The number of aromatic nitrogens is 2. The van der Waals surface area contributed by atoms with Gasteiger partial charge in [-0.15, -0.1) is 0 Å². The standard InChI is InChI=1S/C33H42N4O4/c1-33(2,3)41-32(40)35-19-20-36(26(22-35)21-24-13-7-4-8-14-24)31(39)29-30(25-15-9-5-10-16-25)37(23-34-29)27-17-11-6-12-18-28(27)38/h4-5,7-10,13-16,23,26-28,38H,6,11-12,17-22H2,1-3H3/t26-,27-,28+/m1/s1. The molecular weight excluding hydrogens is 516 g/mol. The maximum Gasteiger partial charge on any atom is 0.410 e. The van der Waals surface area contributed by atoms with Gasteiger partial charge in [-0.2, -0.15) is 0 Å². The molecule has 2 aliphatic rings. The fourth-order valence-electron chi connectivity index (χ4n) is 6.06. The molecule has 5 rings (SSSR count). The molecule has 8 heteroatoms. The van der Waals surface area contributed by atoms with Crippen LogP contribution in [0.5, 0.6) is 0 Å². The van der Waals surface area contributed by atoms with Gasteiger partial charge in [0.2, 0.25) is 0 Å². The van der Waals surface area contributed by atoms with Crippen LogP contribution in [0.1, 0.15) is 75.0 Å². The second-order valence-electron chi connectivity index (χ2n) is 12.3. The molecule has 1 N–H and O–H groups in total. The van der Waals surface area contributed by atoms with E-state index in [9.17, 15) is 14.7 Å². The first-order valence-corrected chi connectivity index (χ1v) is 14.8. The second-order valence-corrected chi connectivity index (χ2v) is 12.3. The molecule has 1 aromatic heterocycles. The Balaban J connectivity index is 1.49. The molecule has 0 spiro atoms. The van der Waals surface area contributed by atoms with Crippen molar-refractivity contribution < 1.29 is 19.4 Å². The zero-order valence-electron chi connectivity index (χ0n) is 24.4. The van der Waals surface area contributed by atoms with Crippen molar-refractivity contribution >= 4 is 12.0 Å². The van der Waals surface area contributed by atoms with Crippen molar-refractivity contribution in [2.75, 3.05) is 19.6 Å². The number of hydrogen-bond acceptors (Lipinski definition) is 5. The van der Waals surface area contributed by atoms with Crippen LogP contribution in [0.15, 0.2) is 67.0 Å². The molecule has 2 fully saturated rings. The minimum Gasteiger partial charge on any atom is -0.444 e. The molecule has 0 unspecified atom stereocenters. The average Bonchev–Trinajstić information content (AvgIpc) is 3.28. The SMILES string of the molecule is CC(C)(C)OC(=O)N1CCN(C(=O)c2ncn([C@@H]3CCCCC[C@@H]3O)c2-c2ccccc2)[C@H](Cc2ccccc2)C1. The van der Waals surface area contributed by atoms with Crippen LogP contribution in [0.2, 0.25) is 0 Å². The molecule has 41 heavy (non-hydrogen) atoms. The molecule has 3 aromatic rings. The van der Waals surface area contributed by atoms with Crippen molar-refractivity contribution in [1.82, 2.24) is 19.4 Å². The van der Waals surface area contributed by atoms with E-state index in [0.717, 1.165) is 48.9 Å². The van der Waals surface area contributed by atoms with E-state index < -0.39 is 11.7 Å². The number of hydrogen-bond donors (Lipinski definition) is 1. The number of aliphatic hydroxyl groups is 1. The summed E-state index contributed by atoms with van der Waals surface area (Å²) in [7, 11) is 0. The summed E-state index contributed by atoms with van der Waals surface area (Å²) < 4.78 is 7.70. The molecule has 1 saturated heterocycles. The van der Waals surface area contributed by atoms with Gasteiger partial charge in [0.05, 0.1) is 30.2 Å². The van der Waals surface area contributed by atoms with Crippen LogP contribution in [0, 0.1) is 0 Å². The fraction of sp³-hybridized carbons (Fsp3) is 0.485. The van der Waals surface area contributed by atoms with E-state index in [2.05, 4.69) is 0 Å². The number of ether oxygens (including phenoxy) is 1. The number of carbonyl (C=O) groups is 2. The highest BCUT2D eigenvalue weighted by Gasteiger charge is 2.37. The maximum absolute atomic E-state index is 14.4. The molecule has 3 atom stereocenters. The van der Waals surface area contributed by atoms with E-state index in [1.165, 1.54) is 0 Å². The van der Waals surface area contributed by atoms with Gasteiger partial charge in [0, 0.05) is 25.2 Å². The first-order valence-electron chi connectivity index (χ1n) is 14.8. The lowest BCUT2D eigenvalue weighted by Crippen LogP contribution is -2.58. The Hall–Kier alpha value is -3.65. The topological polar surface area (TPSA) is 87.9 Å². The maximum atomic E-state index is 14.4. The molecule has 8 nitrogen and oxygen atoms in total. The number of amides is 2. The Kier molecular flexibility index (Phi) is 8.78. The number of carbonyl (C=O) groups excluding carboxylic acids is 2. The van der Waals surface area contributed by atoms with Crippen LogP contribution in [-0.4, -0.2) is 73.8 Å². The first kappa shape index (κ1) is 28.9. The highest BCUT2D eigenvalue weighted by molar-refractivity contribution is 5.98. The Labute approximate surface area is 242 Å². The highest BCUT2D eigenvalue weighted by Crippen LogP contribution is 2.34. The summed E-state index contributed by atoms with van der Waals surface area (Å²) >= 11 is 0. The van der Waals surface area contributed by atoms with E-state index >= 15 is 0 Å². The number of benzene rings is 2. The van der Waals surface area contributed by atoms with Gasteiger partial charge < -0.3 is 24.2 Å². The molecule has 1 aliphatic carbocycles. The van der Waals surface area contributed by atoms with Crippen LogP contribution >= 0.6 is 0 Å². The summed E-state index contributed by atoms with van der Waals surface area (Å²) in [6, 6.07) is 19.5. The van der Waals surface area contributed by atoms with Crippen molar-refractivity contribution in [3.63, 3.8) is 0 Å². The minimum absolute atomic E-state index is 0.133. The van der Waals surface area contributed by atoms with Crippen molar-refractivity contribution in [3.05, 3.63) is 78.2 Å². The van der Waals surface area contributed by atoms with Crippen molar-refractivity contribution in [3.8, 4) is 11.3 Å². The number of aliphatic hydroxyl groups excluding tert-OH is 1. The molecule has 218 valence electrons. The van der Waals surface area contributed by atoms with Gasteiger partial charge in [-0.25, -0.2) is 9.78 Å². The van der Waals surface area contributed by atoms with Crippen LogP contribution in [0.3, 0.4) is 0 Å². The lowest BCUT2D eigenvalue weighted by Gasteiger charge is -2.41. The fourth-order valence-corrected chi connectivity index (χ4v) is 6.06. The van der Waals surface area contributed by atoms with Crippen LogP contribution in [0.4, 0.5) is 4.79 Å². The molecule has 2 heterocycles. The van der Waals surface area contributed by atoms with E-state index in [4.69, 9.17) is 9.72 Å². The number of piperazine rings is 1. The van der Waals surface area contributed by atoms with E-state index in [1.54, 1.807) is 11.2 Å². The monoisotopic (exact) mass is 558 g/mol. The Morgan fingerprint density at radius 1 is 0.951 bits per heavy atom. The smallest absolute Gasteiger partial charge is 0.410 e. The zero-order chi connectivity index (χ0) is 29.0. The van der Waals surface area contributed by atoms with Crippen molar-refractivity contribution in [2.45, 2.75) is 83.1 Å². The Morgan fingerprint density at radius 2 is 1.63 bits per heavy atom. The lowest BCUT2D eigenvalue weighted by atomic mass is 10.0. The van der Waals surface area contributed by atoms with E-state index in [0.29, 0.717) is 31.7 Å². The van der Waals surface area contributed by atoms with E-state index in [1.807, 2.05) is 90.9 Å². The van der Waals surface area contributed by atoms with Gasteiger partial charge in [0.15, 0.2) is 5.69 Å². The molecule has 2 aromatic carbocycles. The highest BCUT2D eigenvalue weighted by atomic mass is 16.6. The number of imidazole rings is 1. The van der Waals surface area contributed by atoms with Crippen molar-refractivity contribution in [2.24, 2.45) is 0 Å². The van der Waals surface area contributed by atoms with Crippen LogP contribution in [-0.2, 0) is 11.2 Å². The van der Waals surface area contributed by atoms with Crippen LogP contribution < -0.4 is 0 Å². The number of nitrogens with zero attached hydrogens (tertiary/aromatic N) is 4. The minimum atomic E-state index is -0.598. The van der Waals surface area contributed by atoms with Gasteiger partial charge in [-0.3, -0.25) is 4.79 Å². The second kappa shape index (κ2) is 12.5. The normalized spacial score (nSPS) is 21.8. The summed E-state index contributed by atoms with van der Waals surface area (Å²) in [5.74, 6) is -0.157. The first-order chi connectivity index (χ1) is 19.7. The third kappa shape index (κ3) is 6.81. The van der Waals surface area contributed by atoms with Gasteiger partial charge in [-0.1, -0.05) is 79.9 Å². The third-order valence-corrected chi connectivity index (χ3v) is 8.05. The molecular formula is C33H42N4O4. The molecule has 2 amide bonds. The molecule has 0 radical (unpaired) electrons. The summed E-state index contributed by atoms with van der Waals surface area (Å²) in [6.45, 7) is 6.71. The Bertz CT molecular complexity index is 1320. The third-order valence-electron chi connectivity index (χ3n) is 8.05. The Morgan fingerprint density at radius 3 is 2.34 bits per heavy atom. The molecule has 0 bridgehead atoms. The molecule has 1 aliphatic heterocycles. The summed E-state index contributed by atoms with van der Waals surface area (Å²) in [5.41, 5.74) is 2.53. The van der Waals surface area contributed by atoms with Gasteiger partial charge >= 0.3 is 6.09 Å². The van der Waals surface area contributed by atoms with E-state index in [-0.39, 0.29) is 24.1 Å². The predicted molar refractivity (Wildman–Crippen MR) is 159 cm³/mol. The summed E-state index contributed by atoms with van der Waals surface area (Å²) in [5, 5.41) is 11.0.